The second kappa shape index (κ2) is 4.14. The van der Waals surface area contributed by atoms with Crippen LogP contribution >= 0.6 is 11.6 Å². The Morgan fingerprint density at radius 3 is 2.72 bits per heavy atom. The summed E-state index contributed by atoms with van der Waals surface area (Å²) in [7, 11) is 0. The second-order valence-electron chi connectivity index (χ2n) is 6.19. The molecule has 1 aromatic rings. The van der Waals surface area contributed by atoms with Gasteiger partial charge in [0.1, 0.15) is 11.4 Å². The van der Waals surface area contributed by atoms with Crippen LogP contribution in [0.3, 0.4) is 0 Å². The molecule has 0 unspecified atom stereocenters. The first-order chi connectivity index (χ1) is 8.49. The quantitative estimate of drug-likeness (QED) is 0.835. The van der Waals surface area contributed by atoms with Gasteiger partial charge in [0.25, 0.3) is 0 Å². The summed E-state index contributed by atoms with van der Waals surface area (Å²) in [6, 6.07) is 5.83. The van der Waals surface area contributed by atoms with E-state index in [9.17, 15) is 0 Å². The van der Waals surface area contributed by atoms with Crippen molar-refractivity contribution in [2.75, 3.05) is 0 Å². The molecule has 3 heteroatoms. The van der Waals surface area contributed by atoms with Crippen molar-refractivity contribution >= 4 is 11.6 Å². The Kier molecular flexibility index (Phi) is 2.83. The molecule has 0 radical (unpaired) electrons. The third kappa shape index (κ3) is 1.92. The number of fused-ring (bicyclic) bond motifs is 1. The molecule has 1 atom stereocenters. The van der Waals surface area contributed by atoms with Gasteiger partial charge in [-0.1, -0.05) is 25.4 Å². The first-order valence-electron chi connectivity index (χ1n) is 6.73. The average Bonchev–Trinajstić information content (AvgIpc) is 2.26. The molecule has 1 heterocycles. The molecular weight excluding hydrogens is 246 g/mol. The van der Waals surface area contributed by atoms with Crippen LogP contribution in [-0.4, -0.2) is 5.60 Å². The molecule has 2 N–H and O–H groups in total. The Morgan fingerprint density at radius 2 is 2.06 bits per heavy atom. The Balaban J connectivity index is 1.83. The first kappa shape index (κ1) is 12.3. The van der Waals surface area contributed by atoms with E-state index in [0.29, 0.717) is 0 Å². The fourth-order valence-corrected chi connectivity index (χ4v) is 3.49. The van der Waals surface area contributed by atoms with Crippen molar-refractivity contribution in [1.29, 1.82) is 0 Å². The van der Waals surface area contributed by atoms with Gasteiger partial charge in [0.05, 0.1) is 0 Å². The Morgan fingerprint density at radius 1 is 1.33 bits per heavy atom. The van der Waals surface area contributed by atoms with Crippen LogP contribution in [-0.2, 0) is 0 Å². The van der Waals surface area contributed by atoms with Crippen LogP contribution < -0.4 is 10.5 Å². The number of nitrogens with two attached hydrogens (primary N) is 1. The van der Waals surface area contributed by atoms with Crippen LogP contribution in [0.25, 0.3) is 0 Å². The SMILES string of the molecule is CC(C)C1CC2(C1)C[C@H](N)c1cc(Cl)ccc1O2. The summed E-state index contributed by atoms with van der Waals surface area (Å²) >= 11 is 6.01. The molecule has 18 heavy (non-hydrogen) atoms. The number of halogens is 1. The maximum absolute atomic E-state index is 6.28. The molecule has 98 valence electrons. The molecule has 0 bridgehead atoms. The number of benzene rings is 1. The van der Waals surface area contributed by atoms with E-state index < -0.39 is 0 Å². The van der Waals surface area contributed by atoms with Gasteiger partial charge in [0, 0.05) is 23.0 Å². The molecule has 1 spiro atoms. The molecule has 0 aromatic heterocycles. The summed E-state index contributed by atoms with van der Waals surface area (Å²) in [5, 5.41) is 0.734. The third-order valence-corrected chi connectivity index (χ3v) is 4.74. The maximum atomic E-state index is 6.28. The smallest absolute Gasteiger partial charge is 0.125 e. The number of hydrogen-bond acceptors (Lipinski definition) is 2. The number of rotatable bonds is 1. The average molecular weight is 266 g/mol. The van der Waals surface area contributed by atoms with E-state index in [2.05, 4.69) is 13.8 Å². The summed E-state index contributed by atoms with van der Waals surface area (Å²) in [4.78, 5) is 0. The third-order valence-electron chi connectivity index (χ3n) is 4.50. The minimum atomic E-state index is -0.00478. The molecule has 0 saturated heterocycles. The lowest BCUT2D eigenvalue weighted by Crippen LogP contribution is -2.53. The van der Waals surface area contributed by atoms with E-state index in [1.165, 1.54) is 0 Å². The molecule has 1 aliphatic carbocycles. The van der Waals surface area contributed by atoms with E-state index in [-0.39, 0.29) is 11.6 Å². The van der Waals surface area contributed by atoms with Gasteiger partial charge < -0.3 is 10.5 Å². The molecular formula is C15H20ClNO. The maximum Gasteiger partial charge on any atom is 0.125 e. The van der Waals surface area contributed by atoms with Gasteiger partial charge in [-0.3, -0.25) is 0 Å². The zero-order valence-corrected chi connectivity index (χ0v) is 11.7. The van der Waals surface area contributed by atoms with Crippen LogP contribution in [0, 0.1) is 11.8 Å². The van der Waals surface area contributed by atoms with Gasteiger partial charge in [0.15, 0.2) is 0 Å². The van der Waals surface area contributed by atoms with Crippen molar-refractivity contribution in [3.05, 3.63) is 28.8 Å². The van der Waals surface area contributed by atoms with Crippen LogP contribution in [0.2, 0.25) is 5.02 Å². The van der Waals surface area contributed by atoms with E-state index >= 15 is 0 Å². The highest BCUT2D eigenvalue weighted by molar-refractivity contribution is 6.30. The van der Waals surface area contributed by atoms with Gasteiger partial charge in [-0.25, -0.2) is 0 Å². The largest absolute Gasteiger partial charge is 0.487 e. The van der Waals surface area contributed by atoms with Crippen LogP contribution in [0.5, 0.6) is 5.75 Å². The fraction of sp³-hybridized carbons (Fsp3) is 0.600. The second-order valence-corrected chi connectivity index (χ2v) is 6.63. The summed E-state index contributed by atoms with van der Waals surface area (Å²) in [5.74, 6) is 2.45. The molecule has 2 aliphatic rings. The topological polar surface area (TPSA) is 35.2 Å². The fourth-order valence-electron chi connectivity index (χ4n) is 3.30. The Hall–Kier alpha value is -0.730. The molecule has 1 aliphatic heterocycles. The van der Waals surface area contributed by atoms with Gasteiger partial charge in [-0.05, 0) is 42.9 Å². The first-order valence-corrected chi connectivity index (χ1v) is 7.11. The highest BCUT2D eigenvalue weighted by atomic mass is 35.5. The van der Waals surface area contributed by atoms with Crippen molar-refractivity contribution < 1.29 is 4.74 Å². The molecule has 3 rings (SSSR count). The van der Waals surface area contributed by atoms with Gasteiger partial charge in [-0.2, -0.15) is 0 Å². The molecule has 0 amide bonds. The van der Waals surface area contributed by atoms with Crippen molar-refractivity contribution in [1.82, 2.24) is 0 Å². The zero-order chi connectivity index (χ0) is 12.9. The Labute approximate surface area is 113 Å². The zero-order valence-electron chi connectivity index (χ0n) is 10.9. The van der Waals surface area contributed by atoms with Crippen molar-refractivity contribution in [2.45, 2.75) is 44.8 Å². The summed E-state index contributed by atoms with van der Waals surface area (Å²) < 4.78 is 6.22. The van der Waals surface area contributed by atoms with Gasteiger partial charge in [0.2, 0.25) is 0 Å². The van der Waals surface area contributed by atoms with E-state index in [1.807, 2.05) is 18.2 Å². The predicted octanol–water partition coefficient (Wildman–Crippen LogP) is 3.93. The monoisotopic (exact) mass is 265 g/mol. The lowest BCUT2D eigenvalue weighted by Gasteiger charge is -2.52. The minimum absolute atomic E-state index is 0.00478. The standard InChI is InChI=1S/C15H20ClNO/c1-9(2)10-6-15(7-10)8-13(17)12-5-11(16)3-4-14(12)18-15/h3-5,9-10,13H,6-8,17H2,1-2H3/t10?,13-,15?/m0/s1. The normalized spacial score (nSPS) is 34.1. The van der Waals surface area contributed by atoms with Crippen LogP contribution in [0.15, 0.2) is 18.2 Å². The van der Waals surface area contributed by atoms with E-state index in [1.54, 1.807) is 0 Å². The van der Waals surface area contributed by atoms with Crippen LogP contribution in [0.1, 0.15) is 44.7 Å². The highest BCUT2D eigenvalue weighted by Gasteiger charge is 2.50. The van der Waals surface area contributed by atoms with Crippen molar-refractivity contribution in [3.63, 3.8) is 0 Å². The summed E-state index contributed by atoms with van der Waals surface area (Å²) in [6.07, 6.45) is 3.20. The Bertz CT molecular complexity index is 466. The number of hydrogen-bond donors (Lipinski definition) is 1. The van der Waals surface area contributed by atoms with E-state index in [0.717, 1.165) is 47.4 Å². The van der Waals surface area contributed by atoms with Crippen molar-refractivity contribution in [3.8, 4) is 5.75 Å². The molecule has 1 aromatic carbocycles. The molecule has 1 fully saturated rings. The highest BCUT2D eigenvalue weighted by Crippen LogP contribution is 2.52. The van der Waals surface area contributed by atoms with Crippen molar-refractivity contribution in [2.24, 2.45) is 17.6 Å². The lowest BCUT2D eigenvalue weighted by molar-refractivity contribution is -0.0845. The van der Waals surface area contributed by atoms with Gasteiger partial charge >= 0.3 is 0 Å². The summed E-state index contributed by atoms with van der Waals surface area (Å²) in [5.41, 5.74) is 7.34. The lowest BCUT2D eigenvalue weighted by atomic mass is 9.62. The van der Waals surface area contributed by atoms with Gasteiger partial charge in [-0.15, -0.1) is 0 Å². The predicted molar refractivity (Wildman–Crippen MR) is 73.9 cm³/mol. The molecule has 2 nitrogen and oxygen atoms in total. The van der Waals surface area contributed by atoms with E-state index in [4.69, 9.17) is 22.1 Å². The molecule has 1 saturated carbocycles. The van der Waals surface area contributed by atoms with Crippen LogP contribution in [0.4, 0.5) is 0 Å². The number of ether oxygens (including phenoxy) is 1. The minimum Gasteiger partial charge on any atom is -0.487 e. The summed E-state index contributed by atoms with van der Waals surface area (Å²) in [6.45, 7) is 4.57.